The number of methoxy groups -OCH3 is 1. The molecule has 0 spiro atoms. The molecular weight excluding hydrogens is 416 g/mol. The van der Waals surface area contributed by atoms with Crippen LogP contribution in [0.15, 0.2) is 36.4 Å². The molecule has 0 amide bonds. The number of carbonyl (C=O) groups is 1. The summed E-state index contributed by atoms with van der Waals surface area (Å²) in [4.78, 5) is 12.3. The summed E-state index contributed by atoms with van der Waals surface area (Å²) < 4.78 is 20.8. The minimum Gasteiger partial charge on any atom is -0.508 e. The molecule has 0 saturated carbocycles. The molecule has 11 heteroatoms. The van der Waals surface area contributed by atoms with E-state index in [2.05, 4.69) is 0 Å². The highest BCUT2D eigenvalue weighted by Gasteiger charge is 2.45. The van der Waals surface area contributed by atoms with Crippen LogP contribution in [-0.2, 0) is 9.47 Å². The molecule has 0 aliphatic carbocycles. The van der Waals surface area contributed by atoms with Crippen molar-refractivity contribution in [3.8, 4) is 28.7 Å². The third kappa shape index (κ3) is 4.91. The largest absolute Gasteiger partial charge is 0.508 e. The van der Waals surface area contributed by atoms with Crippen molar-refractivity contribution in [2.24, 2.45) is 0 Å². The van der Waals surface area contributed by atoms with Crippen LogP contribution < -0.4 is 9.47 Å². The predicted octanol–water partition coefficient (Wildman–Crippen LogP) is -0.145. The summed E-state index contributed by atoms with van der Waals surface area (Å²) in [5, 5.41) is 59.0. The molecule has 2 aromatic rings. The summed E-state index contributed by atoms with van der Waals surface area (Å²) >= 11 is 0. The number of phenols is 3. The monoisotopic (exact) mass is 438 g/mol. The van der Waals surface area contributed by atoms with E-state index in [1.54, 1.807) is 0 Å². The van der Waals surface area contributed by atoms with E-state index in [4.69, 9.17) is 18.9 Å². The lowest BCUT2D eigenvalue weighted by atomic mass is 9.99. The number of hydrogen-bond acceptors (Lipinski definition) is 11. The summed E-state index contributed by atoms with van der Waals surface area (Å²) in [5.74, 6) is -2.01. The van der Waals surface area contributed by atoms with Crippen molar-refractivity contribution < 1.29 is 54.4 Å². The number of phenolic OH excluding ortho intramolecular Hbond substituents is 3. The maximum Gasteiger partial charge on any atom is 0.338 e. The summed E-state index contributed by atoms with van der Waals surface area (Å²) in [6.07, 6.45) is -7.50. The van der Waals surface area contributed by atoms with E-state index in [0.29, 0.717) is 0 Å². The number of aliphatic hydroxyl groups excluding tert-OH is 3. The van der Waals surface area contributed by atoms with Gasteiger partial charge in [0.1, 0.15) is 42.5 Å². The Hall–Kier alpha value is -3.25. The van der Waals surface area contributed by atoms with Crippen LogP contribution in [0.25, 0.3) is 0 Å². The van der Waals surface area contributed by atoms with E-state index in [0.717, 1.165) is 12.1 Å². The normalized spacial score (nSPS) is 25.6. The lowest BCUT2D eigenvalue weighted by molar-refractivity contribution is -0.277. The van der Waals surface area contributed by atoms with Crippen molar-refractivity contribution in [2.45, 2.75) is 30.7 Å². The number of aliphatic hydroxyl groups is 3. The number of benzene rings is 2. The van der Waals surface area contributed by atoms with Crippen molar-refractivity contribution in [3.05, 3.63) is 42.0 Å². The zero-order chi connectivity index (χ0) is 22.7. The molecule has 2 aromatic carbocycles. The fourth-order valence-electron chi connectivity index (χ4n) is 2.92. The van der Waals surface area contributed by atoms with Gasteiger partial charge in [0.15, 0.2) is 11.5 Å². The Bertz CT molecular complexity index is 914. The van der Waals surface area contributed by atoms with E-state index in [1.807, 2.05) is 0 Å². The molecule has 3 rings (SSSR count). The van der Waals surface area contributed by atoms with Gasteiger partial charge in [0.25, 0.3) is 0 Å². The lowest BCUT2D eigenvalue weighted by Gasteiger charge is -2.39. The third-order valence-electron chi connectivity index (χ3n) is 4.65. The Labute approximate surface area is 176 Å². The molecule has 0 bridgehead atoms. The van der Waals surface area contributed by atoms with Gasteiger partial charge in [0.2, 0.25) is 12.0 Å². The van der Waals surface area contributed by atoms with Crippen molar-refractivity contribution in [1.29, 1.82) is 0 Å². The first-order valence-corrected chi connectivity index (χ1v) is 9.13. The SMILES string of the molecule is COc1cc(C(=O)OC[C@H]2O[C@@H](Oc3ccc(O)cc3)[C@H](O)[C@@H](O)[C@@H]2O)cc(O)c1O. The minimum atomic E-state index is -1.66. The average molecular weight is 438 g/mol. The Kier molecular flexibility index (Phi) is 6.71. The van der Waals surface area contributed by atoms with Gasteiger partial charge < -0.3 is 49.6 Å². The quantitative estimate of drug-likeness (QED) is 0.261. The minimum absolute atomic E-state index is 0.00500. The predicted molar refractivity (Wildman–Crippen MR) is 102 cm³/mol. The molecule has 0 unspecified atom stereocenters. The van der Waals surface area contributed by atoms with Crippen molar-refractivity contribution in [3.63, 3.8) is 0 Å². The Balaban J connectivity index is 1.67. The molecule has 1 aliphatic heterocycles. The van der Waals surface area contributed by atoms with Gasteiger partial charge in [0, 0.05) is 0 Å². The number of carbonyl (C=O) groups excluding carboxylic acids is 1. The summed E-state index contributed by atoms with van der Waals surface area (Å²) in [5.41, 5.74) is -0.144. The number of ether oxygens (including phenoxy) is 4. The molecule has 1 saturated heterocycles. The first-order chi connectivity index (χ1) is 14.7. The fourth-order valence-corrected chi connectivity index (χ4v) is 2.92. The van der Waals surface area contributed by atoms with E-state index < -0.39 is 54.8 Å². The Morgan fingerprint density at radius 1 is 1.00 bits per heavy atom. The molecule has 0 aromatic heterocycles. The molecule has 168 valence electrons. The Morgan fingerprint density at radius 2 is 1.68 bits per heavy atom. The van der Waals surface area contributed by atoms with Crippen LogP contribution in [0.2, 0.25) is 0 Å². The van der Waals surface area contributed by atoms with E-state index in [1.165, 1.54) is 31.4 Å². The maximum absolute atomic E-state index is 12.3. The zero-order valence-electron chi connectivity index (χ0n) is 16.3. The van der Waals surface area contributed by atoms with Crippen LogP contribution in [-0.4, -0.2) is 81.0 Å². The number of hydrogen-bond donors (Lipinski definition) is 6. The summed E-state index contributed by atoms with van der Waals surface area (Å²) in [6.45, 7) is -0.525. The van der Waals surface area contributed by atoms with Gasteiger partial charge in [-0.3, -0.25) is 0 Å². The number of rotatable bonds is 6. The van der Waals surface area contributed by atoms with Crippen LogP contribution >= 0.6 is 0 Å². The summed E-state index contributed by atoms with van der Waals surface area (Å²) in [6, 6.07) is 7.61. The van der Waals surface area contributed by atoms with Crippen LogP contribution in [0.4, 0.5) is 0 Å². The molecule has 1 heterocycles. The van der Waals surface area contributed by atoms with Gasteiger partial charge in [-0.05, 0) is 36.4 Å². The first kappa shape index (κ1) is 22.4. The van der Waals surface area contributed by atoms with Crippen LogP contribution in [0.5, 0.6) is 28.7 Å². The average Bonchev–Trinajstić information content (AvgIpc) is 2.76. The highest BCUT2D eigenvalue weighted by molar-refractivity contribution is 5.91. The van der Waals surface area contributed by atoms with E-state index in [9.17, 15) is 35.4 Å². The maximum atomic E-state index is 12.3. The molecule has 1 fully saturated rings. The van der Waals surface area contributed by atoms with Gasteiger partial charge in [-0.25, -0.2) is 4.79 Å². The van der Waals surface area contributed by atoms with Gasteiger partial charge in [-0.2, -0.15) is 0 Å². The van der Waals surface area contributed by atoms with E-state index in [-0.39, 0.29) is 22.8 Å². The van der Waals surface area contributed by atoms with Gasteiger partial charge >= 0.3 is 5.97 Å². The van der Waals surface area contributed by atoms with Gasteiger partial charge in [-0.1, -0.05) is 0 Å². The topological polar surface area (TPSA) is 175 Å². The highest BCUT2D eigenvalue weighted by Crippen LogP contribution is 2.36. The second kappa shape index (κ2) is 9.27. The molecule has 31 heavy (non-hydrogen) atoms. The second-order valence-electron chi connectivity index (χ2n) is 6.77. The van der Waals surface area contributed by atoms with Gasteiger partial charge in [0.05, 0.1) is 12.7 Å². The molecule has 1 aliphatic rings. The van der Waals surface area contributed by atoms with Crippen molar-refractivity contribution in [1.82, 2.24) is 0 Å². The third-order valence-corrected chi connectivity index (χ3v) is 4.65. The van der Waals surface area contributed by atoms with Crippen LogP contribution in [0.3, 0.4) is 0 Å². The van der Waals surface area contributed by atoms with Crippen molar-refractivity contribution in [2.75, 3.05) is 13.7 Å². The van der Waals surface area contributed by atoms with Crippen LogP contribution in [0.1, 0.15) is 10.4 Å². The second-order valence-corrected chi connectivity index (χ2v) is 6.77. The standard InChI is InChI=1S/C20H22O11/c1-28-13-7-9(6-12(22)15(13)23)19(27)29-8-14-16(24)17(25)18(26)20(31-14)30-11-4-2-10(21)3-5-11/h2-7,14,16-18,20-26H,8H2,1H3/t14-,16-,17+,18-,20-/m1/s1. The zero-order valence-corrected chi connectivity index (χ0v) is 16.3. The first-order valence-electron chi connectivity index (χ1n) is 9.13. The molecule has 11 nitrogen and oxygen atoms in total. The van der Waals surface area contributed by atoms with E-state index >= 15 is 0 Å². The fraction of sp³-hybridized carbons (Fsp3) is 0.350. The smallest absolute Gasteiger partial charge is 0.338 e. The molecule has 0 radical (unpaired) electrons. The highest BCUT2D eigenvalue weighted by atomic mass is 16.7. The molecule has 6 N–H and O–H groups in total. The van der Waals surface area contributed by atoms with Crippen molar-refractivity contribution >= 4 is 5.97 Å². The van der Waals surface area contributed by atoms with Crippen LogP contribution in [0, 0.1) is 0 Å². The number of esters is 1. The lowest BCUT2D eigenvalue weighted by Crippen LogP contribution is -2.60. The molecular formula is C20H22O11. The van der Waals surface area contributed by atoms with Gasteiger partial charge in [-0.15, -0.1) is 0 Å². The Morgan fingerprint density at radius 3 is 2.32 bits per heavy atom. The number of aromatic hydroxyl groups is 3. The molecule has 5 atom stereocenters. The summed E-state index contributed by atoms with van der Waals surface area (Å²) in [7, 11) is 1.23.